The summed E-state index contributed by atoms with van der Waals surface area (Å²) in [6, 6.07) is 0. The maximum absolute atomic E-state index is 5.60. The van der Waals surface area contributed by atoms with E-state index in [0.717, 1.165) is 44.1 Å². The van der Waals surface area contributed by atoms with Crippen molar-refractivity contribution in [2.45, 2.75) is 57.8 Å². The lowest BCUT2D eigenvalue weighted by atomic mass is 9.76. The quantitative estimate of drug-likeness (QED) is 0.894. The van der Waals surface area contributed by atoms with E-state index in [1.165, 1.54) is 6.42 Å². The van der Waals surface area contributed by atoms with Gasteiger partial charge in [0.2, 0.25) is 5.89 Å². The summed E-state index contributed by atoms with van der Waals surface area (Å²) < 4.78 is 5.60. The largest absolute Gasteiger partial charge is 0.339 e. The lowest BCUT2D eigenvalue weighted by Crippen LogP contribution is -2.39. The molecular formula is C14H23N3O. The van der Waals surface area contributed by atoms with Crippen molar-refractivity contribution in [2.24, 2.45) is 5.41 Å². The van der Waals surface area contributed by atoms with Crippen molar-refractivity contribution in [3.8, 4) is 0 Å². The SMILES string of the molecule is CCC1(c2nc(C3CC3(C)C)no2)CCNCC1. The zero-order valence-electron chi connectivity index (χ0n) is 11.6. The molecule has 0 aromatic carbocycles. The van der Waals surface area contributed by atoms with E-state index < -0.39 is 0 Å². The van der Waals surface area contributed by atoms with Gasteiger partial charge in [-0.2, -0.15) is 4.98 Å². The molecule has 4 heteroatoms. The third kappa shape index (κ3) is 1.87. The highest BCUT2D eigenvalue weighted by atomic mass is 16.5. The molecule has 2 fully saturated rings. The van der Waals surface area contributed by atoms with Crippen LogP contribution in [-0.4, -0.2) is 23.2 Å². The van der Waals surface area contributed by atoms with Crippen LogP contribution in [0.3, 0.4) is 0 Å². The average Bonchev–Trinajstić information content (AvgIpc) is 2.81. The topological polar surface area (TPSA) is 51.0 Å². The second-order valence-electron chi connectivity index (χ2n) is 6.59. The number of rotatable bonds is 3. The summed E-state index contributed by atoms with van der Waals surface area (Å²) in [6.07, 6.45) is 4.50. The van der Waals surface area contributed by atoms with Gasteiger partial charge in [0.05, 0.1) is 5.41 Å². The number of nitrogens with zero attached hydrogens (tertiary/aromatic N) is 2. The molecule has 1 aromatic heterocycles. The van der Waals surface area contributed by atoms with Gasteiger partial charge in [0.15, 0.2) is 5.82 Å². The summed E-state index contributed by atoms with van der Waals surface area (Å²) in [6.45, 7) is 8.89. The second kappa shape index (κ2) is 4.05. The van der Waals surface area contributed by atoms with Crippen molar-refractivity contribution in [1.82, 2.24) is 15.5 Å². The van der Waals surface area contributed by atoms with Gasteiger partial charge in [-0.1, -0.05) is 25.9 Å². The summed E-state index contributed by atoms with van der Waals surface area (Å²) in [5.74, 6) is 2.32. The van der Waals surface area contributed by atoms with Crippen molar-refractivity contribution in [2.75, 3.05) is 13.1 Å². The van der Waals surface area contributed by atoms with Crippen molar-refractivity contribution in [1.29, 1.82) is 0 Å². The molecule has 1 saturated heterocycles. The minimum atomic E-state index is 0.121. The molecule has 1 unspecified atom stereocenters. The van der Waals surface area contributed by atoms with Gasteiger partial charge >= 0.3 is 0 Å². The van der Waals surface area contributed by atoms with E-state index in [1.54, 1.807) is 0 Å². The number of nitrogens with one attached hydrogen (secondary N) is 1. The Morgan fingerprint density at radius 1 is 1.33 bits per heavy atom. The molecule has 1 saturated carbocycles. The van der Waals surface area contributed by atoms with Crippen molar-refractivity contribution >= 4 is 0 Å². The van der Waals surface area contributed by atoms with E-state index in [-0.39, 0.29) is 5.41 Å². The number of piperidine rings is 1. The Hall–Kier alpha value is -0.900. The molecule has 0 spiro atoms. The Balaban J connectivity index is 1.83. The lowest BCUT2D eigenvalue weighted by Gasteiger charge is -2.33. The molecule has 4 nitrogen and oxygen atoms in total. The highest BCUT2D eigenvalue weighted by Crippen LogP contribution is 2.57. The third-order valence-corrected chi connectivity index (χ3v) is 4.96. The smallest absolute Gasteiger partial charge is 0.232 e. The molecule has 0 radical (unpaired) electrons. The first kappa shape index (κ1) is 12.2. The Labute approximate surface area is 109 Å². The lowest BCUT2D eigenvalue weighted by molar-refractivity contribution is 0.216. The van der Waals surface area contributed by atoms with Gasteiger partial charge in [-0.25, -0.2) is 0 Å². The van der Waals surface area contributed by atoms with Crippen LogP contribution in [0.25, 0.3) is 0 Å². The number of hydrogen-bond acceptors (Lipinski definition) is 4. The molecule has 2 heterocycles. The van der Waals surface area contributed by atoms with Crippen LogP contribution in [-0.2, 0) is 5.41 Å². The minimum absolute atomic E-state index is 0.121. The third-order valence-electron chi connectivity index (χ3n) is 4.96. The highest BCUT2D eigenvalue weighted by Gasteiger charge is 2.50. The van der Waals surface area contributed by atoms with Crippen molar-refractivity contribution < 1.29 is 4.52 Å². The summed E-state index contributed by atoms with van der Waals surface area (Å²) in [5, 5.41) is 7.64. The summed E-state index contributed by atoms with van der Waals surface area (Å²) in [5.41, 5.74) is 0.490. The molecule has 0 amide bonds. The summed E-state index contributed by atoms with van der Waals surface area (Å²) in [7, 11) is 0. The molecule has 3 rings (SSSR count). The average molecular weight is 249 g/mol. The number of hydrogen-bond donors (Lipinski definition) is 1. The van der Waals surface area contributed by atoms with E-state index in [0.29, 0.717) is 11.3 Å². The minimum Gasteiger partial charge on any atom is -0.339 e. The first-order valence-corrected chi connectivity index (χ1v) is 7.12. The predicted molar refractivity (Wildman–Crippen MR) is 69.5 cm³/mol. The van der Waals surface area contributed by atoms with Gasteiger partial charge in [0.25, 0.3) is 0 Å². The van der Waals surface area contributed by atoms with E-state index in [1.807, 2.05) is 0 Å². The summed E-state index contributed by atoms with van der Waals surface area (Å²) in [4.78, 5) is 4.73. The van der Waals surface area contributed by atoms with Crippen LogP contribution in [0.15, 0.2) is 4.52 Å². The molecule has 100 valence electrons. The van der Waals surface area contributed by atoms with Gasteiger partial charge in [0.1, 0.15) is 0 Å². The molecule has 1 aliphatic heterocycles. The maximum atomic E-state index is 5.60. The maximum Gasteiger partial charge on any atom is 0.232 e. The molecule has 1 N–H and O–H groups in total. The van der Waals surface area contributed by atoms with E-state index >= 15 is 0 Å². The van der Waals surface area contributed by atoms with Gasteiger partial charge in [-0.05, 0) is 44.2 Å². The number of aromatic nitrogens is 2. The predicted octanol–water partition coefficient (Wildman–Crippen LogP) is 2.61. The Kier molecular flexibility index (Phi) is 2.73. The normalized spacial score (nSPS) is 29.2. The first-order chi connectivity index (χ1) is 8.57. The highest BCUT2D eigenvalue weighted by molar-refractivity contribution is 5.16. The fourth-order valence-corrected chi connectivity index (χ4v) is 3.12. The van der Waals surface area contributed by atoms with E-state index in [4.69, 9.17) is 9.51 Å². The van der Waals surface area contributed by atoms with Crippen LogP contribution in [0, 0.1) is 5.41 Å². The van der Waals surface area contributed by atoms with Crippen LogP contribution in [0.2, 0.25) is 0 Å². The van der Waals surface area contributed by atoms with Gasteiger partial charge in [-0.15, -0.1) is 0 Å². The van der Waals surface area contributed by atoms with Crippen LogP contribution in [0.5, 0.6) is 0 Å². The molecule has 18 heavy (non-hydrogen) atoms. The Bertz CT molecular complexity index is 432. The summed E-state index contributed by atoms with van der Waals surface area (Å²) >= 11 is 0. The second-order valence-corrected chi connectivity index (χ2v) is 6.59. The van der Waals surface area contributed by atoms with Gasteiger partial charge in [-0.3, -0.25) is 0 Å². The van der Waals surface area contributed by atoms with Crippen LogP contribution >= 0.6 is 0 Å². The van der Waals surface area contributed by atoms with Crippen molar-refractivity contribution in [3.63, 3.8) is 0 Å². The van der Waals surface area contributed by atoms with Crippen molar-refractivity contribution in [3.05, 3.63) is 11.7 Å². The monoisotopic (exact) mass is 249 g/mol. The fraction of sp³-hybridized carbons (Fsp3) is 0.857. The Morgan fingerprint density at radius 2 is 2.00 bits per heavy atom. The van der Waals surface area contributed by atoms with Crippen LogP contribution in [0.4, 0.5) is 0 Å². The molecule has 0 bridgehead atoms. The van der Waals surface area contributed by atoms with E-state index in [2.05, 4.69) is 31.2 Å². The molecule has 1 aliphatic carbocycles. The molecule has 1 atom stereocenters. The first-order valence-electron chi connectivity index (χ1n) is 7.12. The van der Waals surface area contributed by atoms with E-state index in [9.17, 15) is 0 Å². The Morgan fingerprint density at radius 3 is 2.56 bits per heavy atom. The van der Waals surface area contributed by atoms with Gasteiger partial charge < -0.3 is 9.84 Å². The molecular weight excluding hydrogens is 226 g/mol. The fourth-order valence-electron chi connectivity index (χ4n) is 3.12. The standard InChI is InChI=1S/C14H23N3O/c1-4-14(5-7-15-8-6-14)12-16-11(17-18-12)10-9-13(10,2)3/h10,15H,4-9H2,1-3H3. The zero-order chi connectivity index (χ0) is 12.8. The van der Waals surface area contributed by atoms with Gasteiger partial charge in [0, 0.05) is 5.92 Å². The molecule has 1 aromatic rings. The zero-order valence-corrected chi connectivity index (χ0v) is 11.6. The molecule has 2 aliphatic rings. The van der Waals surface area contributed by atoms with Crippen LogP contribution in [0.1, 0.15) is 64.1 Å². The van der Waals surface area contributed by atoms with Crippen LogP contribution < -0.4 is 5.32 Å².